The van der Waals surface area contributed by atoms with Crippen molar-refractivity contribution in [2.45, 2.75) is 32.5 Å². The predicted molar refractivity (Wildman–Crippen MR) is 90.0 cm³/mol. The number of aliphatic carboxylic acids is 1. The van der Waals surface area contributed by atoms with Crippen molar-refractivity contribution in [3.63, 3.8) is 0 Å². The highest BCUT2D eigenvalue weighted by molar-refractivity contribution is 5.97. The van der Waals surface area contributed by atoms with Gasteiger partial charge in [0.1, 0.15) is 6.04 Å². The van der Waals surface area contributed by atoms with Gasteiger partial charge in [0.15, 0.2) is 0 Å². The van der Waals surface area contributed by atoms with Crippen LogP contribution in [0.1, 0.15) is 32.6 Å². The first kappa shape index (κ1) is 19.5. The van der Waals surface area contributed by atoms with Gasteiger partial charge in [0, 0.05) is 12.0 Å². The number of carboxylic acids is 1. The van der Waals surface area contributed by atoms with Gasteiger partial charge in [-0.1, -0.05) is 35.4 Å². The molecule has 0 unspecified atom stereocenters. The van der Waals surface area contributed by atoms with Crippen LogP contribution in [0.4, 0.5) is 13.2 Å². The molecular weight excluding hydrogens is 347 g/mol. The molecule has 0 aliphatic heterocycles. The van der Waals surface area contributed by atoms with Gasteiger partial charge in [-0.3, -0.25) is 4.79 Å². The van der Waals surface area contributed by atoms with E-state index in [1.165, 1.54) is 12.1 Å². The van der Waals surface area contributed by atoms with E-state index in [-0.39, 0.29) is 12.0 Å². The summed E-state index contributed by atoms with van der Waals surface area (Å²) in [5.74, 6) is -1.91. The summed E-state index contributed by atoms with van der Waals surface area (Å²) in [5, 5.41) is 11.7. The maximum absolute atomic E-state index is 12.8. The molecule has 0 aromatic heterocycles. The van der Waals surface area contributed by atoms with Crippen LogP contribution in [0.25, 0.3) is 0 Å². The van der Waals surface area contributed by atoms with Crippen LogP contribution >= 0.6 is 0 Å². The quantitative estimate of drug-likeness (QED) is 0.848. The number of carbonyl (C=O) groups is 2. The van der Waals surface area contributed by atoms with Crippen molar-refractivity contribution < 1.29 is 27.9 Å². The number of alkyl halides is 3. The fourth-order valence-electron chi connectivity index (χ4n) is 2.66. The third-order valence-corrected chi connectivity index (χ3v) is 3.78. The molecule has 0 saturated heterocycles. The van der Waals surface area contributed by atoms with Crippen LogP contribution < -0.4 is 5.32 Å². The molecule has 0 fully saturated rings. The largest absolute Gasteiger partial charge is 0.480 e. The Morgan fingerprint density at radius 3 is 2.23 bits per heavy atom. The Hall–Kier alpha value is -2.83. The summed E-state index contributed by atoms with van der Waals surface area (Å²) < 4.78 is 38.4. The SMILES string of the molecule is Cc1cc(C)cc(C(=O)N[C@@H](Cc2cccc(C(F)(F)F)c2)C(=O)O)c1. The Kier molecular flexibility index (Phi) is 5.69. The van der Waals surface area contributed by atoms with Gasteiger partial charge in [-0.05, 0) is 37.6 Å². The summed E-state index contributed by atoms with van der Waals surface area (Å²) >= 11 is 0. The second-order valence-electron chi connectivity index (χ2n) is 6.14. The summed E-state index contributed by atoms with van der Waals surface area (Å²) in [6.07, 6.45) is -4.77. The monoisotopic (exact) mass is 365 g/mol. The number of amides is 1. The number of halogens is 3. The molecule has 0 aliphatic carbocycles. The van der Waals surface area contributed by atoms with Gasteiger partial charge in [-0.25, -0.2) is 4.79 Å². The first-order chi connectivity index (χ1) is 12.1. The molecule has 0 bridgehead atoms. The number of aryl methyl sites for hydroxylation is 2. The Balaban J connectivity index is 2.19. The van der Waals surface area contributed by atoms with Gasteiger partial charge in [-0.2, -0.15) is 13.2 Å². The topological polar surface area (TPSA) is 66.4 Å². The molecule has 0 saturated carbocycles. The molecule has 0 radical (unpaired) electrons. The van der Waals surface area contributed by atoms with Gasteiger partial charge < -0.3 is 10.4 Å². The van der Waals surface area contributed by atoms with E-state index in [4.69, 9.17) is 0 Å². The summed E-state index contributed by atoms with van der Waals surface area (Å²) in [7, 11) is 0. The summed E-state index contributed by atoms with van der Waals surface area (Å²) in [4.78, 5) is 23.8. The van der Waals surface area contributed by atoms with Crippen molar-refractivity contribution in [1.82, 2.24) is 5.32 Å². The average molecular weight is 365 g/mol. The number of nitrogens with one attached hydrogen (secondary N) is 1. The smallest absolute Gasteiger partial charge is 0.416 e. The highest BCUT2D eigenvalue weighted by Gasteiger charge is 2.31. The van der Waals surface area contributed by atoms with Crippen molar-refractivity contribution in [2.75, 3.05) is 0 Å². The molecule has 0 aliphatic rings. The van der Waals surface area contributed by atoms with E-state index in [0.29, 0.717) is 5.56 Å². The van der Waals surface area contributed by atoms with E-state index in [1.54, 1.807) is 26.0 Å². The molecule has 2 rings (SSSR count). The highest BCUT2D eigenvalue weighted by atomic mass is 19.4. The van der Waals surface area contributed by atoms with Crippen molar-refractivity contribution >= 4 is 11.9 Å². The lowest BCUT2D eigenvalue weighted by Gasteiger charge is -2.16. The van der Waals surface area contributed by atoms with Gasteiger partial charge in [0.25, 0.3) is 5.91 Å². The van der Waals surface area contributed by atoms with Gasteiger partial charge in [0.2, 0.25) is 0 Å². The van der Waals surface area contributed by atoms with Crippen LogP contribution in [0.2, 0.25) is 0 Å². The highest BCUT2D eigenvalue weighted by Crippen LogP contribution is 2.29. The minimum atomic E-state index is -4.52. The number of hydrogen-bond donors (Lipinski definition) is 2. The van der Waals surface area contributed by atoms with Crippen LogP contribution in [0, 0.1) is 13.8 Å². The molecule has 2 N–H and O–H groups in total. The van der Waals surface area contributed by atoms with Crippen LogP contribution in [0.3, 0.4) is 0 Å². The summed E-state index contributed by atoms with van der Waals surface area (Å²) in [6, 6.07) is 8.17. The zero-order valence-electron chi connectivity index (χ0n) is 14.2. The van der Waals surface area contributed by atoms with E-state index in [2.05, 4.69) is 5.32 Å². The Labute approximate surface area is 148 Å². The Morgan fingerprint density at radius 2 is 1.69 bits per heavy atom. The lowest BCUT2D eigenvalue weighted by atomic mass is 10.0. The van der Waals surface area contributed by atoms with E-state index in [9.17, 15) is 27.9 Å². The van der Waals surface area contributed by atoms with E-state index in [1.807, 2.05) is 6.07 Å². The van der Waals surface area contributed by atoms with E-state index in [0.717, 1.165) is 23.3 Å². The molecule has 0 spiro atoms. The lowest BCUT2D eigenvalue weighted by molar-refractivity contribution is -0.139. The molecule has 1 amide bonds. The molecule has 138 valence electrons. The van der Waals surface area contributed by atoms with Gasteiger partial charge >= 0.3 is 12.1 Å². The molecule has 4 nitrogen and oxygen atoms in total. The third-order valence-electron chi connectivity index (χ3n) is 3.78. The van der Waals surface area contributed by atoms with E-state index < -0.39 is 29.7 Å². The predicted octanol–water partition coefficient (Wildman–Crippen LogP) is 3.75. The minimum Gasteiger partial charge on any atom is -0.480 e. The zero-order valence-corrected chi connectivity index (χ0v) is 14.2. The number of benzene rings is 2. The zero-order chi connectivity index (χ0) is 19.5. The normalized spacial score (nSPS) is 12.5. The fourth-order valence-corrected chi connectivity index (χ4v) is 2.66. The summed E-state index contributed by atoms with van der Waals surface area (Å²) in [5.41, 5.74) is 1.31. The number of rotatable bonds is 5. The number of carboxylic acid groups (broad SMARTS) is 1. The van der Waals surface area contributed by atoms with E-state index >= 15 is 0 Å². The maximum atomic E-state index is 12.8. The molecule has 26 heavy (non-hydrogen) atoms. The lowest BCUT2D eigenvalue weighted by Crippen LogP contribution is -2.42. The Bertz CT molecular complexity index is 811. The molecule has 0 heterocycles. The van der Waals surface area contributed by atoms with Gasteiger partial charge in [0.05, 0.1) is 5.56 Å². The maximum Gasteiger partial charge on any atom is 0.416 e. The number of hydrogen-bond acceptors (Lipinski definition) is 2. The van der Waals surface area contributed by atoms with Crippen molar-refractivity contribution in [3.8, 4) is 0 Å². The fraction of sp³-hybridized carbons (Fsp3) is 0.263. The second kappa shape index (κ2) is 7.59. The summed E-state index contributed by atoms with van der Waals surface area (Å²) in [6.45, 7) is 3.61. The minimum absolute atomic E-state index is 0.174. The van der Waals surface area contributed by atoms with Crippen LogP contribution in [-0.2, 0) is 17.4 Å². The second-order valence-corrected chi connectivity index (χ2v) is 6.14. The molecule has 1 atom stereocenters. The van der Waals surface area contributed by atoms with Crippen molar-refractivity contribution in [2.24, 2.45) is 0 Å². The van der Waals surface area contributed by atoms with Crippen molar-refractivity contribution in [3.05, 3.63) is 70.3 Å². The molecular formula is C19H18F3NO3. The van der Waals surface area contributed by atoms with Gasteiger partial charge in [-0.15, -0.1) is 0 Å². The first-order valence-electron chi connectivity index (χ1n) is 7.84. The molecule has 2 aromatic carbocycles. The molecule has 7 heteroatoms. The third kappa shape index (κ3) is 5.08. The standard InChI is InChI=1S/C19H18F3NO3/c1-11-6-12(2)8-14(7-11)17(24)23-16(18(25)26)10-13-4-3-5-15(9-13)19(20,21)22/h3-9,16H,10H2,1-2H3,(H,23,24)(H,25,26)/t16-/m0/s1. The average Bonchev–Trinajstić information content (AvgIpc) is 2.52. The Morgan fingerprint density at radius 1 is 1.08 bits per heavy atom. The molecule has 2 aromatic rings. The van der Waals surface area contributed by atoms with Crippen LogP contribution in [0.5, 0.6) is 0 Å². The number of carbonyl (C=O) groups excluding carboxylic acids is 1. The van der Waals surface area contributed by atoms with Crippen molar-refractivity contribution in [1.29, 1.82) is 0 Å². The van der Waals surface area contributed by atoms with Crippen LogP contribution in [0.15, 0.2) is 42.5 Å². The first-order valence-corrected chi connectivity index (χ1v) is 7.84. The van der Waals surface area contributed by atoms with Crippen LogP contribution in [-0.4, -0.2) is 23.0 Å².